The number of methoxy groups -OCH3 is 1. The second-order valence-electron chi connectivity index (χ2n) is 4.08. The van der Waals surface area contributed by atoms with Gasteiger partial charge in [0.25, 0.3) is 0 Å². The zero-order valence-electron chi connectivity index (χ0n) is 10.5. The molecule has 4 heteroatoms. The van der Waals surface area contributed by atoms with Crippen LogP contribution in [0.4, 0.5) is 0 Å². The molecule has 0 radical (unpaired) electrons. The average molecular weight is 287 g/mol. The summed E-state index contributed by atoms with van der Waals surface area (Å²) in [5, 5.41) is 0. The lowest BCUT2D eigenvalue weighted by Gasteiger charge is -2.01. The Balaban J connectivity index is 1.70. The molecule has 0 saturated heterocycles. The van der Waals surface area contributed by atoms with Gasteiger partial charge in [-0.15, -0.1) is 11.3 Å². The fourth-order valence-electron chi connectivity index (χ4n) is 1.78. The van der Waals surface area contributed by atoms with Crippen LogP contribution in [0.25, 0.3) is 10.2 Å². The number of thioether (sulfide) groups is 1. The van der Waals surface area contributed by atoms with E-state index in [1.807, 2.05) is 18.2 Å². The first kappa shape index (κ1) is 12.5. The number of hydrogen-bond acceptors (Lipinski definition) is 4. The third-order valence-electron chi connectivity index (χ3n) is 2.80. The van der Waals surface area contributed by atoms with Gasteiger partial charge in [0.1, 0.15) is 5.75 Å². The highest BCUT2D eigenvalue weighted by Crippen LogP contribution is 2.31. The van der Waals surface area contributed by atoms with E-state index in [2.05, 4.69) is 35.3 Å². The lowest BCUT2D eigenvalue weighted by Crippen LogP contribution is -1.84. The molecule has 2 aromatic carbocycles. The molecule has 0 bridgehead atoms. The molecule has 3 rings (SSSR count). The van der Waals surface area contributed by atoms with E-state index in [-0.39, 0.29) is 0 Å². The average Bonchev–Trinajstić information content (AvgIpc) is 2.88. The SMILES string of the molecule is COc1ccc(CSc2nc3ccccc3s2)cc1. The van der Waals surface area contributed by atoms with Gasteiger partial charge in [0, 0.05) is 5.75 Å². The number of rotatable bonds is 4. The number of para-hydroxylation sites is 1. The number of ether oxygens (including phenoxy) is 1. The van der Waals surface area contributed by atoms with Crippen molar-refractivity contribution in [3.8, 4) is 5.75 Å². The zero-order chi connectivity index (χ0) is 13.1. The molecule has 3 aromatic rings. The summed E-state index contributed by atoms with van der Waals surface area (Å²) in [5.41, 5.74) is 2.37. The van der Waals surface area contributed by atoms with Gasteiger partial charge in [-0.2, -0.15) is 0 Å². The van der Waals surface area contributed by atoms with E-state index >= 15 is 0 Å². The topological polar surface area (TPSA) is 22.1 Å². The molecule has 0 N–H and O–H groups in total. The predicted molar refractivity (Wildman–Crippen MR) is 82.2 cm³/mol. The molecule has 0 aliphatic heterocycles. The normalized spacial score (nSPS) is 10.8. The Kier molecular flexibility index (Phi) is 3.71. The quantitative estimate of drug-likeness (QED) is 0.655. The molecule has 2 nitrogen and oxygen atoms in total. The van der Waals surface area contributed by atoms with Gasteiger partial charge in [-0.1, -0.05) is 36.0 Å². The molecule has 0 aliphatic carbocycles. The lowest BCUT2D eigenvalue weighted by atomic mass is 10.2. The summed E-state index contributed by atoms with van der Waals surface area (Å²) >= 11 is 3.53. The standard InChI is InChI=1S/C15H13NOS2/c1-17-12-8-6-11(7-9-12)10-18-15-16-13-4-2-3-5-14(13)19-15/h2-9H,10H2,1H3. The number of aromatic nitrogens is 1. The first-order chi connectivity index (χ1) is 9.35. The second kappa shape index (κ2) is 5.63. The van der Waals surface area contributed by atoms with Crippen molar-refractivity contribution in [1.82, 2.24) is 4.98 Å². The Bertz CT molecular complexity index is 643. The van der Waals surface area contributed by atoms with Gasteiger partial charge in [-0.05, 0) is 29.8 Å². The Morgan fingerprint density at radius 3 is 2.63 bits per heavy atom. The van der Waals surface area contributed by atoms with Gasteiger partial charge in [0.15, 0.2) is 4.34 Å². The van der Waals surface area contributed by atoms with E-state index in [9.17, 15) is 0 Å². The summed E-state index contributed by atoms with van der Waals surface area (Å²) < 4.78 is 7.53. The molecule has 1 heterocycles. The van der Waals surface area contributed by atoms with Gasteiger partial charge >= 0.3 is 0 Å². The first-order valence-corrected chi connectivity index (χ1v) is 7.76. The van der Waals surface area contributed by atoms with Crippen LogP contribution in [0.5, 0.6) is 5.75 Å². The smallest absolute Gasteiger partial charge is 0.151 e. The van der Waals surface area contributed by atoms with Crippen LogP contribution in [-0.4, -0.2) is 12.1 Å². The number of nitrogens with zero attached hydrogens (tertiary/aromatic N) is 1. The molecule has 1 aromatic heterocycles. The van der Waals surface area contributed by atoms with E-state index in [0.29, 0.717) is 0 Å². The third-order valence-corrected chi connectivity index (χ3v) is 5.05. The molecular formula is C15H13NOS2. The Hall–Kier alpha value is -1.52. The molecule has 96 valence electrons. The van der Waals surface area contributed by atoms with Crippen LogP contribution in [-0.2, 0) is 5.75 Å². The van der Waals surface area contributed by atoms with Crippen molar-refractivity contribution in [3.63, 3.8) is 0 Å². The van der Waals surface area contributed by atoms with Crippen molar-refractivity contribution in [1.29, 1.82) is 0 Å². The molecule has 0 saturated carbocycles. The van der Waals surface area contributed by atoms with Crippen LogP contribution >= 0.6 is 23.1 Å². The maximum atomic E-state index is 5.15. The predicted octanol–water partition coefficient (Wildman–Crippen LogP) is 4.60. The second-order valence-corrected chi connectivity index (χ2v) is 6.34. The van der Waals surface area contributed by atoms with Crippen molar-refractivity contribution >= 4 is 33.3 Å². The zero-order valence-corrected chi connectivity index (χ0v) is 12.1. The molecule has 0 fully saturated rings. The van der Waals surface area contributed by atoms with E-state index in [4.69, 9.17) is 4.74 Å². The minimum atomic E-state index is 0.897. The molecule has 19 heavy (non-hydrogen) atoms. The van der Waals surface area contributed by atoms with Crippen molar-refractivity contribution in [2.45, 2.75) is 10.1 Å². The van der Waals surface area contributed by atoms with Crippen molar-refractivity contribution < 1.29 is 4.74 Å². The van der Waals surface area contributed by atoms with Crippen LogP contribution in [0.2, 0.25) is 0 Å². The molecule has 0 spiro atoms. The molecule has 0 unspecified atom stereocenters. The van der Waals surface area contributed by atoms with Crippen LogP contribution in [0.3, 0.4) is 0 Å². The first-order valence-electron chi connectivity index (χ1n) is 5.96. The maximum absolute atomic E-state index is 5.15. The number of thiazole rings is 1. The van der Waals surface area contributed by atoms with Gasteiger partial charge in [0.05, 0.1) is 17.3 Å². The van der Waals surface area contributed by atoms with Gasteiger partial charge in [-0.25, -0.2) is 4.98 Å². The van der Waals surface area contributed by atoms with E-state index in [1.165, 1.54) is 10.3 Å². The minimum absolute atomic E-state index is 0.897. The Morgan fingerprint density at radius 2 is 1.89 bits per heavy atom. The number of benzene rings is 2. The number of fused-ring (bicyclic) bond motifs is 1. The van der Waals surface area contributed by atoms with E-state index in [1.54, 1.807) is 30.2 Å². The maximum Gasteiger partial charge on any atom is 0.151 e. The van der Waals surface area contributed by atoms with Crippen molar-refractivity contribution in [3.05, 3.63) is 54.1 Å². The summed E-state index contributed by atoms with van der Waals surface area (Å²) in [7, 11) is 1.69. The van der Waals surface area contributed by atoms with Crippen LogP contribution in [0.1, 0.15) is 5.56 Å². The van der Waals surface area contributed by atoms with E-state index < -0.39 is 0 Å². The largest absolute Gasteiger partial charge is 0.497 e. The van der Waals surface area contributed by atoms with Crippen molar-refractivity contribution in [2.75, 3.05) is 7.11 Å². The summed E-state index contributed by atoms with van der Waals surface area (Å²) in [6.45, 7) is 0. The van der Waals surface area contributed by atoms with Gasteiger partial charge in [0.2, 0.25) is 0 Å². The van der Waals surface area contributed by atoms with Crippen molar-refractivity contribution in [2.24, 2.45) is 0 Å². The summed E-state index contributed by atoms with van der Waals surface area (Å²) in [4.78, 5) is 4.62. The van der Waals surface area contributed by atoms with Gasteiger partial charge in [-0.3, -0.25) is 0 Å². The highest BCUT2D eigenvalue weighted by Gasteiger charge is 2.04. The lowest BCUT2D eigenvalue weighted by molar-refractivity contribution is 0.414. The monoisotopic (exact) mass is 287 g/mol. The number of hydrogen-bond donors (Lipinski definition) is 0. The fourth-order valence-corrected chi connectivity index (χ4v) is 3.80. The molecule has 0 aliphatic rings. The third kappa shape index (κ3) is 2.91. The molecule has 0 amide bonds. The summed E-state index contributed by atoms with van der Waals surface area (Å²) in [6.07, 6.45) is 0. The minimum Gasteiger partial charge on any atom is -0.497 e. The highest BCUT2D eigenvalue weighted by atomic mass is 32.2. The molecule has 0 atom stereocenters. The van der Waals surface area contributed by atoms with Crippen LogP contribution in [0.15, 0.2) is 52.9 Å². The van der Waals surface area contributed by atoms with E-state index in [0.717, 1.165) is 21.4 Å². The molecular weight excluding hydrogens is 274 g/mol. The summed E-state index contributed by atoms with van der Waals surface area (Å²) in [5.74, 6) is 1.83. The van der Waals surface area contributed by atoms with Gasteiger partial charge < -0.3 is 4.74 Å². The fraction of sp³-hybridized carbons (Fsp3) is 0.133. The van der Waals surface area contributed by atoms with Crippen LogP contribution < -0.4 is 4.74 Å². The highest BCUT2D eigenvalue weighted by molar-refractivity contribution is 8.00. The Morgan fingerprint density at radius 1 is 1.11 bits per heavy atom. The summed E-state index contributed by atoms with van der Waals surface area (Å²) in [6, 6.07) is 16.4. The Labute approximate surface area is 120 Å². The van der Waals surface area contributed by atoms with Crippen LogP contribution in [0, 0.1) is 0 Å².